The van der Waals surface area contributed by atoms with Crippen molar-refractivity contribution in [2.75, 3.05) is 19.6 Å². The first kappa shape index (κ1) is 15.7. The SMILES string of the molecule is CCN1CCCC(NS(=O)(=O)c2cc(Cl)c(Br)s2)C1. The molecule has 0 radical (unpaired) electrons. The van der Waals surface area contributed by atoms with E-state index in [0.717, 1.165) is 43.8 Å². The third-order valence-electron chi connectivity index (χ3n) is 3.16. The van der Waals surface area contributed by atoms with Crippen LogP contribution in [0.4, 0.5) is 0 Å². The van der Waals surface area contributed by atoms with E-state index in [9.17, 15) is 8.42 Å². The predicted molar refractivity (Wildman–Crippen MR) is 82.5 cm³/mol. The van der Waals surface area contributed by atoms with Gasteiger partial charge >= 0.3 is 0 Å². The second kappa shape index (κ2) is 6.41. The van der Waals surface area contributed by atoms with Crippen LogP contribution in [0.2, 0.25) is 5.02 Å². The fourth-order valence-electron chi connectivity index (χ4n) is 2.18. The summed E-state index contributed by atoms with van der Waals surface area (Å²) in [5.41, 5.74) is 0. The highest BCUT2D eigenvalue weighted by Crippen LogP contribution is 2.34. The van der Waals surface area contributed by atoms with Crippen molar-refractivity contribution in [1.29, 1.82) is 0 Å². The number of nitrogens with one attached hydrogen (secondary N) is 1. The number of nitrogens with zero attached hydrogens (tertiary/aromatic N) is 1. The lowest BCUT2D eigenvalue weighted by molar-refractivity contribution is 0.211. The van der Waals surface area contributed by atoms with Gasteiger partial charge in [0.1, 0.15) is 4.21 Å². The first-order valence-electron chi connectivity index (χ1n) is 6.12. The van der Waals surface area contributed by atoms with E-state index in [1.54, 1.807) is 0 Å². The summed E-state index contributed by atoms with van der Waals surface area (Å²) in [6.07, 6.45) is 1.91. The standard InChI is InChI=1S/C11H16BrClN2O2S2/c1-2-15-5-3-4-8(7-15)14-19(16,17)10-6-9(13)11(12)18-10/h6,8,14H,2-5,7H2,1H3. The van der Waals surface area contributed by atoms with Crippen molar-refractivity contribution >= 4 is 48.9 Å². The fourth-order valence-corrected chi connectivity index (χ4v) is 5.85. The third-order valence-corrected chi connectivity index (χ3v) is 7.63. The molecular formula is C11H16BrClN2O2S2. The quantitative estimate of drug-likeness (QED) is 0.864. The van der Waals surface area contributed by atoms with E-state index in [1.807, 2.05) is 0 Å². The van der Waals surface area contributed by atoms with Crippen LogP contribution in [0, 0.1) is 0 Å². The minimum absolute atomic E-state index is 0.0154. The van der Waals surface area contributed by atoms with E-state index in [2.05, 4.69) is 32.5 Å². The lowest BCUT2D eigenvalue weighted by atomic mass is 10.1. The molecule has 2 rings (SSSR count). The van der Waals surface area contributed by atoms with Gasteiger partial charge < -0.3 is 4.90 Å². The number of rotatable bonds is 4. The largest absolute Gasteiger partial charge is 0.302 e. The lowest BCUT2D eigenvalue weighted by Gasteiger charge is -2.31. The van der Waals surface area contributed by atoms with Crippen LogP contribution in [-0.4, -0.2) is 39.0 Å². The highest BCUT2D eigenvalue weighted by Gasteiger charge is 2.26. The summed E-state index contributed by atoms with van der Waals surface area (Å²) < 4.78 is 28.2. The summed E-state index contributed by atoms with van der Waals surface area (Å²) in [5, 5.41) is 0.434. The van der Waals surface area contributed by atoms with Gasteiger partial charge in [0.15, 0.2) is 0 Å². The summed E-state index contributed by atoms with van der Waals surface area (Å²) in [6, 6.07) is 1.47. The zero-order chi connectivity index (χ0) is 14.0. The topological polar surface area (TPSA) is 49.4 Å². The van der Waals surface area contributed by atoms with E-state index in [0.29, 0.717) is 8.81 Å². The Bertz CT molecular complexity index is 527. The van der Waals surface area contributed by atoms with Gasteiger partial charge in [-0.1, -0.05) is 18.5 Å². The van der Waals surface area contributed by atoms with E-state index >= 15 is 0 Å². The average Bonchev–Trinajstić information content (AvgIpc) is 2.70. The van der Waals surface area contributed by atoms with Gasteiger partial charge in [0.05, 0.1) is 8.81 Å². The zero-order valence-electron chi connectivity index (χ0n) is 10.5. The Morgan fingerprint density at radius 3 is 2.95 bits per heavy atom. The minimum Gasteiger partial charge on any atom is -0.302 e. The number of hydrogen-bond donors (Lipinski definition) is 1. The van der Waals surface area contributed by atoms with Crippen LogP contribution in [0.1, 0.15) is 19.8 Å². The summed E-state index contributed by atoms with van der Waals surface area (Å²) in [5.74, 6) is 0. The number of halogens is 2. The lowest BCUT2D eigenvalue weighted by Crippen LogP contribution is -2.47. The summed E-state index contributed by atoms with van der Waals surface area (Å²) in [6.45, 7) is 4.86. The van der Waals surface area contributed by atoms with E-state index in [4.69, 9.17) is 11.6 Å². The van der Waals surface area contributed by atoms with Gasteiger partial charge in [-0.05, 0) is 47.9 Å². The molecule has 0 bridgehead atoms. The maximum absolute atomic E-state index is 12.3. The number of piperidine rings is 1. The zero-order valence-corrected chi connectivity index (χ0v) is 14.5. The molecule has 1 N–H and O–H groups in total. The van der Waals surface area contributed by atoms with Crippen LogP contribution in [-0.2, 0) is 10.0 Å². The van der Waals surface area contributed by atoms with Gasteiger partial charge in [0, 0.05) is 12.6 Å². The molecule has 1 aliphatic rings. The average molecular weight is 388 g/mol. The van der Waals surface area contributed by atoms with Gasteiger partial charge in [-0.25, -0.2) is 13.1 Å². The molecule has 0 spiro atoms. The number of likely N-dealkylation sites (tertiary alicyclic amines) is 1. The number of sulfonamides is 1. The molecule has 8 heteroatoms. The molecule has 1 fully saturated rings. The fraction of sp³-hybridized carbons (Fsp3) is 0.636. The Balaban J connectivity index is 2.08. The monoisotopic (exact) mass is 386 g/mol. The van der Waals surface area contributed by atoms with Crippen LogP contribution < -0.4 is 4.72 Å². The molecular weight excluding hydrogens is 372 g/mol. The predicted octanol–water partition coefficient (Wildman–Crippen LogP) is 2.93. The van der Waals surface area contributed by atoms with Crippen LogP contribution in [0.15, 0.2) is 14.1 Å². The number of likely N-dealkylation sites (N-methyl/N-ethyl adjacent to an activating group) is 1. The van der Waals surface area contributed by atoms with Crippen LogP contribution in [0.25, 0.3) is 0 Å². The summed E-state index contributed by atoms with van der Waals surface area (Å²) in [7, 11) is -3.47. The first-order valence-corrected chi connectivity index (χ1v) is 9.59. The Morgan fingerprint density at radius 2 is 2.37 bits per heavy atom. The molecule has 108 valence electrons. The van der Waals surface area contributed by atoms with Gasteiger partial charge in [-0.15, -0.1) is 11.3 Å². The molecule has 0 aromatic carbocycles. The molecule has 1 aromatic heterocycles. The molecule has 0 saturated carbocycles. The Labute approximate surface area is 131 Å². The van der Waals surface area contributed by atoms with Gasteiger partial charge in [-0.3, -0.25) is 0 Å². The molecule has 4 nitrogen and oxygen atoms in total. The number of hydrogen-bond acceptors (Lipinski definition) is 4. The Morgan fingerprint density at radius 1 is 1.63 bits per heavy atom. The number of thiophene rings is 1. The van der Waals surface area contributed by atoms with Crippen molar-refractivity contribution in [1.82, 2.24) is 9.62 Å². The molecule has 19 heavy (non-hydrogen) atoms. The van der Waals surface area contributed by atoms with Crippen molar-refractivity contribution in [2.24, 2.45) is 0 Å². The molecule has 2 heterocycles. The smallest absolute Gasteiger partial charge is 0.250 e. The van der Waals surface area contributed by atoms with Crippen LogP contribution in [0.5, 0.6) is 0 Å². The van der Waals surface area contributed by atoms with E-state index in [1.165, 1.54) is 6.07 Å². The van der Waals surface area contributed by atoms with Crippen molar-refractivity contribution in [2.45, 2.75) is 30.0 Å². The van der Waals surface area contributed by atoms with Crippen molar-refractivity contribution in [3.63, 3.8) is 0 Å². The Hall–Kier alpha value is 0.340. The molecule has 0 aliphatic carbocycles. The van der Waals surface area contributed by atoms with Crippen LogP contribution >= 0.6 is 38.9 Å². The first-order chi connectivity index (χ1) is 8.92. The maximum Gasteiger partial charge on any atom is 0.250 e. The van der Waals surface area contributed by atoms with Crippen molar-refractivity contribution < 1.29 is 8.42 Å². The molecule has 1 aliphatic heterocycles. The molecule has 1 unspecified atom stereocenters. The second-order valence-corrected chi connectivity index (χ2v) is 9.26. The third kappa shape index (κ3) is 3.92. The highest BCUT2D eigenvalue weighted by molar-refractivity contribution is 9.11. The maximum atomic E-state index is 12.3. The van der Waals surface area contributed by atoms with Crippen molar-refractivity contribution in [3.8, 4) is 0 Å². The van der Waals surface area contributed by atoms with Gasteiger partial charge in [0.2, 0.25) is 10.0 Å². The van der Waals surface area contributed by atoms with Gasteiger partial charge in [0.25, 0.3) is 0 Å². The molecule has 0 amide bonds. The molecule has 1 saturated heterocycles. The highest BCUT2D eigenvalue weighted by atomic mass is 79.9. The van der Waals surface area contributed by atoms with Crippen LogP contribution in [0.3, 0.4) is 0 Å². The molecule has 1 atom stereocenters. The summed E-state index contributed by atoms with van der Waals surface area (Å²) in [4.78, 5) is 2.26. The molecule has 1 aromatic rings. The second-order valence-electron chi connectivity index (χ2n) is 4.54. The Kier molecular flexibility index (Phi) is 5.30. The van der Waals surface area contributed by atoms with Gasteiger partial charge in [-0.2, -0.15) is 0 Å². The van der Waals surface area contributed by atoms with E-state index in [-0.39, 0.29) is 10.3 Å². The van der Waals surface area contributed by atoms with E-state index < -0.39 is 10.0 Å². The summed E-state index contributed by atoms with van der Waals surface area (Å²) >= 11 is 10.3. The normalized spacial score (nSPS) is 21.7. The minimum atomic E-state index is -3.47. The van der Waals surface area contributed by atoms with Crippen molar-refractivity contribution in [3.05, 3.63) is 14.9 Å².